The molecule has 0 aromatic heterocycles. The molecule has 1 fully saturated rings. The predicted octanol–water partition coefficient (Wildman–Crippen LogP) is 5.53. The van der Waals surface area contributed by atoms with Crippen LogP contribution in [0, 0.1) is 0 Å². The van der Waals surface area contributed by atoms with Crippen LogP contribution in [0.2, 0.25) is 15.1 Å². The first kappa shape index (κ1) is 23.5. The number of hydrogen-bond acceptors (Lipinski definition) is 5. The number of barbiturate groups is 1. The van der Waals surface area contributed by atoms with Crippen LogP contribution in [0.4, 0.5) is 10.5 Å². The predicted molar refractivity (Wildman–Crippen MR) is 128 cm³/mol. The van der Waals surface area contributed by atoms with Crippen LogP contribution in [0.15, 0.2) is 72.3 Å². The summed E-state index contributed by atoms with van der Waals surface area (Å²) in [4.78, 5) is 51.4. The van der Waals surface area contributed by atoms with Crippen molar-refractivity contribution in [2.45, 2.75) is 0 Å². The Morgan fingerprint density at radius 3 is 2.26 bits per heavy atom. The van der Waals surface area contributed by atoms with Crippen molar-refractivity contribution in [1.82, 2.24) is 5.32 Å². The minimum Gasteiger partial charge on any atom is -0.422 e. The fourth-order valence-electron chi connectivity index (χ4n) is 3.14. The normalized spacial score (nSPS) is 14.9. The second kappa shape index (κ2) is 9.69. The summed E-state index contributed by atoms with van der Waals surface area (Å²) in [6.45, 7) is 0. The first-order valence-corrected chi connectivity index (χ1v) is 10.8. The molecule has 1 N–H and O–H groups in total. The molecule has 0 radical (unpaired) electrons. The van der Waals surface area contributed by atoms with Gasteiger partial charge >= 0.3 is 12.0 Å². The molecule has 1 heterocycles. The largest absolute Gasteiger partial charge is 0.422 e. The van der Waals surface area contributed by atoms with Gasteiger partial charge in [0.25, 0.3) is 11.8 Å². The second-order valence-corrected chi connectivity index (χ2v) is 8.27. The van der Waals surface area contributed by atoms with Crippen molar-refractivity contribution in [1.29, 1.82) is 0 Å². The van der Waals surface area contributed by atoms with Gasteiger partial charge in [-0.3, -0.25) is 14.9 Å². The lowest BCUT2D eigenvalue weighted by Gasteiger charge is -2.26. The Bertz CT molecular complexity index is 1370. The molecule has 0 bridgehead atoms. The number of esters is 1. The molecule has 1 aliphatic rings. The molecule has 10 heteroatoms. The quantitative estimate of drug-likeness (QED) is 0.213. The molecule has 3 aromatic rings. The fraction of sp³-hybridized carbons (Fsp3) is 0. The van der Waals surface area contributed by atoms with Gasteiger partial charge in [0.2, 0.25) is 0 Å². The molecule has 170 valence electrons. The summed E-state index contributed by atoms with van der Waals surface area (Å²) in [6, 6.07) is 15.6. The number of anilines is 1. The van der Waals surface area contributed by atoms with Gasteiger partial charge in [0.1, 0.15) is 11.3 Å². The van der Waals surface area contributed by atoms with E-state index in [0.29, 0.717) is 10.0 Å². The average molecular weight is 516 g/mol. The van der Waals surface area contributed by atoms with Crippen LogP contribution in [0.5, 0.6) is 5.75 Å². The standard InChI is InChI=1S/C24H13Cl3N2O5/c25-14-5-8-16(9-6-14)29-22(31)18(21(30)28-24(29)33)11-13-3-1-2-4-20(13)34-23(32)17-10-7-15(26)12-19(17)27/h1-12H,(H,28,30,33)/b18-11-. The second-order valence-electron chi connectivity index (χ2n) is 6.99. The summed E-state index contributed by atoms with van der Waals surface area (Å²) in [5.74, 6) is -2.42. The van der Waals surface area contributed by atoms with Crippen molar-refractivity contribution in [3.63, 3.8) is 0 Å². The fourth-order valence-corrected chi connectivity index (χ4v) is 3.75. The third kappa shape index (κ3) is 4.82. The number of imide groups is 2. The monoisotopic (exact) mass is 514 g/mol. The minimum atomic E-state index is -0.897. The summed E-state index contributed by atoms with van der Waals surface area (Å²) >= 11 is 17.8. The summed E-state index contributed by atoms with van der Waals surface area (Å²) in [5.41, 5.74) is 0.231. The molecule has 4 amide bonds. The van der Waals surface area contributed by atoms with Gasteiger partial charge in [-0.2, -0.15) is 0 Å². The summed E-state index contributed by atoms with van der Waals surface area (Å²) in [6.07, 6.45) is 1.24. The van der Waals surface area contributed by atoms with Crippen LogP contribution in [0.3, 0.4) is 0 Å². The molecule has 1 aliphatic heterocycles. The average Bonchev–Trinajstić information content (AvgIpc) is 2.78. The molecule has 7 nitrogen and oxygen atoms in total. The Hall–Kier alpha value is -3.65. The number of nitrogens with one attached hydrogen (secondary N) is 1. The number of carbonyl (C=O) groups excluding carboxylic acids is 4. The number of rotatable bonds is 4. The first-order valence-electron chi connectivity index (χ1n) is 9.68. The van der Waals surface area contributed by atoms with Crippen molar-refractivity contribution < 1.29 is 23.9 Å². The Labute approximate surface area is 208 Å². The van der Waals surface area contributed by atoms with E-state index in [2.05, 4.69) is 5.32 Å². The number of carbonyl (C=O) groups is 4. The molecule has 0 saturated carbocycles. The molecule has 3 aromatic carbocycles. The summed E-state index contributed by atoms with van der Waals surface area (Å²) < 4.78 is 5.46. The Kier molecular flexibility index (Phi) is 6.70. The van der Waals surface area contributed by atoms with Gasteiger partial charge in [-0.05, 0) is 54.6 Å². The smallest absolute Gasteiger partial charge is 0.345 e. The lowest BCUT2D eigenvalue weighted by Crippen LogP contribution is -2.54. The number of ether oxygens (including phenoxy) is 1. The third-order valence-electron chi connectivity index (χ3n) is 4.76. The van der Waals surface area contributed by atoms with Gasteiger partial charge in [0.05, 0.1) is 16.3 Å². The van der Waals surface area contributed by atoms with E-state index in [-0.39, 0.29) is 33.2 Å². The molecule has 4 rings (SSSR count). The van der Waals surface area contributed by atoms with E-state index in [4.69, 9.17) is 39.5 Å². The lowest BCUT2D eigenvalue weighted by molar-refractivity contribution is -0.122. The van der Waals surface area contributed by atoms with Gasteiger partial charge in [-0.25, -0.2) is 14.5 Å². The van der Waals surface area contributed by atoms with Crippen molar-refractivity contribution in [3.8, 4) is 5.75 Å². The van der Waals surface area contributed by atoms with E-state index < -0.39 is 23.8 Å². The molecule has 34 heavy (non-hydrogen) atoms. The van der Waals surface area contributed by atoms with Crippen LogP contribution < -0.4 is 15.0 Å². The zero-order chi connectivity index (χ0) is 24.4. The number of amides is 4. The van der Waals surface area contributed by atoms with Crippen LogP contribution >= 0.6 is 34.8 Å². The van der Waals surface area contributed by atoms with E-state index in [1.54, 1.807) is 18.2 Å². The highest BCUT2D eigenvalue weighted by Gasteiger charge is 2.37. The summed E-state index contributed by atoms with van der Waals surface area (Å²) in [5, 5.41) is 3.00. The van der Waals surface area contributed by atoms with Crippen LogP contribution in [0.25, 0.3) is 6.08 Å². The van der Waals surface area contributed by atoms with Crippen LogP contribution in [0.1, 0.15) is 15.9 Å². The van der Waals surface area contributed by atoms with Gasteiger partial charge < -0.3 is 4.74 Å². The molecule has 0 aliphatic carbocycles. The van der Waals surface area contributed by atoms with Crippen molar-refractivity contribution >= 4 is 70.4 Å². The van der Waals surface area contributed by atoms with Gasteiger partial charge in [0, 0.05) is 15.6 Å². The maximum atomic E-state index is 13.1. The SMILES string of the molecule is O=C1NC(=O)N(c2ccc(Cl)cc2)C(=O)/C1=C\c1ccccc1OC(=O)c1ccc(Cl)cc1Cl. The molecular weight excluding hydrogens is 503 g/mol. The maximum absolute atomic E-state index is 13.1. The zero-order valence-corrected chi connectivity index (χ0v) is 19.3. The minimum absolute atomic E-state index is 0.0709. The highest BCUT2D eigenvalue weighted by atomic mass is 35.5. The van der Waals surface area contributed by atoms with E-state index >= 15 is 0 Å². The topological polar surface area (TPSA) is 92.8 Å². The van der Waals surface area contributed by atoms with Gasteiger partial charge in [-0.15, -0.1) is 0 Å². The Morgan fingerprint density at radius 1 is 0.882 bits per heavy atom. The Balaban J connectivity index is 1.67. The molecule has 0 unspecified atom stereocenters. The number of para-hydroxylation sites is 1. The van der Waals surface area contributed by atoms with E-state index in [1.165, 1.54) is 54.6 Å². The lowest BCUT2D eigenvalue weighted by atomic mass is 10.1. The molecule has 0 atom stereocenters. The number of halogens is 3. The van der Waals surface area contributed by atoms with Crippen molar-refractivity contribution in [3.05, 3.63) is 98.5 Å². The van der Waals surface area contributed by atoms with E-state index in [0.717, 1.165) is 4.90 Å². The number of benzene rings is 3. The molecular formula is C24H13Cl3N2O5. The van der Waals surface area contributed by atoms with E-state index in [9.17, 15) is 19.2 Å². The number of nitrogens with zero attached hydrogens (tertiary/aromatic N) is 1. The van der Waals surface area contributed by atoms with E-state index in [1.807, 2.05) is 0 Å². The summed E-state index contributed by atoms with van der Waals surface area (Å²) in [7, 11) is 0. The molecule has 1 saturated heterocycles. The van der Waals surface area contributed by atoms with Crippen molar-refractivity contribution in [2.75, 3.05) is 4.90 Å². The Morgan fingerprint density at radius 2 is 1.56 bits per heavy atom. The zero-order valence-electron chi connectivity index (χ0n) is 17.1. The third-order valence-corrected chi connectivity index (χ3v) is 5.56. The highest BCUT2D eigenvalue weighted by molar-refractivity contribution is 6.39. The van der Waals surface area contributed by atoms with Crippen LogP contribution in [-0.4, -0.2) is 23.8 Å². The van der Waals surface area contributed by atoms with Crippen LogP contribution in [-0.2, 0) is 9.59 Å². The first-order chi connectivity index (χ1) is 16.2. The highest BCUT2D eigenvalue weighted by Crippen LogP contribution is 2.28. The van der Waals surface area contributed by atoms with Crippen molar-refractivity contribution in [2.24, 2.45) is 0 Å². The molecule has 0 spiro atoms. The maximum Gasteiger partial charge on any atom is 0.345 e. The van der Waals surface area contributed by atoms with Gasteiger partial charge in [0.15, 0.2) is 0 Å². The number of hydrogen-bond donors (Lipinski definition) is 1. The van der Waals surface area contributed by atoms with Gasteiger partial charge in [-0.1, -0.05) is 53.0 Å². The number of urea groups is 1.